The number of nitrogens with zero attached hydrogens (tertiary/aromatic N) is 2. The Hall–Kier alpha value is -1.75. The van der Waals surface area contributed by atoms with Crippen molar-refractivity contribution in [3.8, 4) is 0 Å². The first-order valence-corrected chi connectivity index (χ1v) is 7.83. The van der Waals surface area contributed by atoms with Crippen LogP contribution in [0.25, 0.3) is 0 Å². The Morgan fingerprint density at radius 1 is 1.36 bits per heavy atom. The largest absolute Gasteiger partial charge is 0.356 e. The zero-order valence-electron chi connectivity index (χ0n) is 13.7. The van der Waals surface area contributed by atoms with E-state index in [1.807, 2.05) is 31.2 Å². The van der Waals surface area contributed by atoms with Crippen molar-refractivity contribution in [1.82, 2.24) is 15.5 Å². The number of rotatable bonds is 6. The first kappa shape index (κ1) is 18.3. The number of amides is 1. The maximum atomic E-state index is 11.7. The lowest BCUT2D eigenvalue weighted by molar-refractivity contribution is -0.127. The minimum absolute atomic E-state index is 0.00809. The molecule has 0 radical (unpaired) electrons. The molecule has 0 fully saturated rings. The van der Waals surface area contributed by atoms with Crippen LogP contribution in [-0.2, 0) is 4.79 Å². The molecule has 2 N–H and O–H groups in total. The fraction of sp³-hybridized carbons (Fsp3) is 0.500. The standard InChI is InChI=1S/C16H25ClN4O/c1-5-10-18-16(19-11-15(22)21(3)4)20-12(2)13-8-6-7-9-14(13)17/h6-9,12H,5,10-11H2,1-4H3,(H2,18,19,20). The van der Waals surface area contributed by atoms with Gasteiger partial charge in [-0.15, -0.1) is 0 Å². The van der Waals surface area contributed by atoms with Gasteiger partial charge in [-0.25, -0.2) is 4.99 Å². The van der Waals surface area contributed by atoms with Gasteiger partial charge in [-0.05, 0) is 25.0 Å². The Balaban J connectivity index is 2.77. The number of guanidine groups is 1. The Bertz CT molecular complexity index is 517. The highest BCUT2D eigenvalue weighted by molar-refractivity contribution is 6.31. The predicted molar refractivity (Wildman–Crippen MR) is 92.3 cm³/mol. The average molecular weight is 325 g/mol. The van der Waals surface area contributed by atoms with E-state index in [0.29, 0.717) is 11.0 Å². The van der Waals surface area contributed by atoms with Crippen molar-refractivity contribution in [3.05, 3.63) is 34.9 Å². The van der Waals surface area contributed by atoms with Gasteiger partial charge in [0.2, 0.25) is 5.91 Å². The topological polar surface area (TPSA) is 56.7 Å². The molecule has 0 aromatic heterocycles. The molecule has 0 aliphatic heterocycles. The summed E-state index contributed by atoms with van der Waals surface area (Å²) in [5, 5.41) is 7.21. The molecule has 6 heteroatoms. The number of carbonyl (C=O) groups excluding carboxylic acids is 1. The minimum Gasteiger partial charge on any atom is -0.356 e. The van der Waals surface area contributed by atoms with Crippen molar-refractivity contribution in [3.63, 3.8) is 0 Å². The normalized spacial score (nSPS) is 12.7. The molecule has 0 aliphatic rings. The van der Waals surface area contributed by atoms with Crippen molar-refractivity contribution in [1.29, 1.82) is 0 Å². The lowest BCUT2D eigenvalue weighted by atomic mass is 10.1. The van der Waals surface area contributed by atoms with Gasteiger partial charge in [-0.2, -0.15) is 0 Å². The molecule has 0 heterocycles. The number of hydrogen-bond donors (Lipinski definition) is 2. The molecule has 0 spiro atoms. The Morgan fingerprint density at radius 2 is 2.05 bits per heavy atom. The minimum atomic E-state index is -0.0389. The molecule has 1 unspecified atom stereocenters. The number of nitrogens with one attached hydrogen (secondary N) is 2. The summed E-state index contributed by atoms with van der Waals surface area (Å²) in [7, 11) is 3.44. The quantitative estimate of drug-likeness (QED) is 0.624. The second kappa shape index (κ2) is 9.30. The van der Waals surface area contributed by atoms with Crippen LogP contribution in [0.5, 0.6) is 0 Å². The molecule has 0 aliphatic carbocycles. The summed E-state index contributed by atoms with van der Waals surface area (Å²) in [5.74, 6) is 0.576. The van der Waals surface area contributed by atoms with Crippen LogP contribution in [0, 0.1) is 0 Å². The van der Waals surface area contributed by atoms with E-state index in [1.54, 1.807) is 14.1 Å². The van der Waals surface area contributed by atoms with Crippen molar-refractivity contribution in [2.75, 3.05) is 27.2 Å². The lowest BCUT2D eigenvalue weighted by Gasteiger charge is -2.19. The number of hydrogen-bond acceptors (Lipinski definition) is 2. The second-order valence-electron chi connectivity index (χ2n) is 5.27. The van der Waals surface area contributed by atoms with Crippen molar-refractivity contribution >= 4 is 23.5 Å². The van der Waals surface area contributed by atoms with Crippen molar-refractivity contribution < 1.29 is 4.79 Å². The van der Waals surface area contributed by atoms with Crippen molar-refractivity contribution in [2.24, 2.45) is 4.99 Å². The Kier molecular flexibility index (Phi) is 7.74. The molecule has 0 bridgehead atoms. The molecule has 1 aromatic carbocycles. The van der Waals surface area contributed by atoms with Crippen LogP contribution in [0.4, 0.5) is 0 Å². The van der Waals surface area contributed by atoms with Crippen LogP contribution in [0.2, 0.25) is 5.02 Å². The zero-order chi connectivity index (χ0) is 16.5. The lowest BCUT2D eigenvalue weighted by Crippen LogP contribution is -2.40. The molecule has 0 saturated carbocycles. The van der Waals surface area contributed by atoms with Gasteiger partial charge in [0.1, 0.15) is 6.54 Å². The van der Waals surface area contributed by atoms with E-state index in [2.05, 4.69) is 22.5 Å². The maximum absolute atomic E-state index is 11.7. The summed E-state index contributed by atoms with van der Waals surface area (Å²) < 4.78 is 0. The smallest absolute Gasteiger partial charge is 0.243 e. The molecular formula is C16H25ClN4O. The van der Waals surface area contributed by atoms with E-state index in [9.17, 15) is 4.79 Å². The van der Waals surface area contributed by atoms with Gasteiger partial charge in [0.25, 0.3) is 0 Å². The van der Waals surface area contributed by atoms with Gasteiger partial charge in [0, 0.05) is 25.7 Å². The fourth-order valence-electron chi connectivity index (χ4n) is 1.79. The Morgan fingerprint density at radius 3 is 2.64 bits per heavy atom. The maximum Gasteiger partial charge on any atom is 0.243 e. The van der Waals surface area contributed by atoms with Crippen LogP contribution in [0.15, 0.2) is 29.3 Å². The van der Waals surface area contributed by atoms with Gasteiger partial charge >= 0.3 is 0 Å². The first-order chi connectivity index (χ1) is 10.5. The average Bonchev–Trinajstić information content (AvgIpc) is 2.49. The number of likely N-dealkylation sites (N-methyl/N-ethyl adjacent to an activating group) is 1. The highest BCUT2D eigenvalue weighted by Gasteiger charge is 2.11. The number of carbonyl (C=O) groups is 1. The summed E-state index contributed by atoms with van der Waals surface area (Å²) >= 11 is 6.21. The first-order valence-electron chi connectivity index (χ1n) is 7.45. The van der Waals surface area contributed by atoms with Gasteiger partial charge < -0.3 is 15.5 Å². The van der Waals surface area contributed by atoms with E-state index in [-0.39, 0.29) is 18.5 Å². The van der Waals surface area contributed by atoms with Gasteiger partial charge in [0.15, 0.2) is 5.96 Å². The van der Waals surface area contributed by atoms with E-state index in [0.717, 1.165) is 18.5 Å². The van der Waals surface area contributed by atoms with E-state index >= 15 is 0 Å². The van der Waals surface area contributed by atoms with Crippen LogP contribution >= 0.6 is 11.6 Å². The summed E-state index contributed by atoms with van der Waals surface area (Å²) in [6.07, 6.45) is 0.975. The highest BCUT2D eigenvalue weighted by atomic mass is 35.5. The number of aliphatic imine (C=N–C) groups is 1. The third-order valence-corrected chi connectivity index (χ3v) is 3.48. The van der Waals surface area contributed by atoms with Gasteiger partial charge in [-0.3, -0.25) is 4.79 Å². The monoisotopic (exact) mass is 324 g/mol. The molecule has 1 rings (SSSR count). The van der Waals surface area contributed by atoms with Gasteiger partial charge in [0.05, 0.1) is 6.04 Å². The molecular weight excluding hydrogens is 300 g/mol. The van der Waals surface area contributed by atoms with Crippen molar-refractivity contribution in [2.45, 2.75) is 26.3 Å². The summed E-state index contributed by atoms with van der Waals surface area (Å²) in [6.45, 7) is 4.99. The number of benzene rings is 1. The highest BCUT2D eigenvalue weighted by Crippen LogP contribution is 2.21. The van der Waals surface area contributed by atoms with Gasteiger partial charge in [-0.1, -0.05) is 36.7 Å². The SMILES string of the molecule is CCCNC(=NCC(=O)N(C)C)NC(C)c1ccccc1Cl. The fourth-order valence-corrected chi connectivity index (χ4v) is 2.09. The molecule has 1 amide bonds. The van der Waals surface area contributed by atoms with E-state index < -0.39 is 0 Å². The molecule has 5 nitrogen and oxygen atoms in total. The van der Waals surface area contributed by atoms with E-state index in [1.165, 1.54) is 4.90 Å². The second-order valence-corrected chi connectivity index (χ2v) is 5.67. The summed E-state index contributed by atoms with van der Waals surface area (Å²) in [6, 6.07) is 7.68. The van der Waals surface area contributed by atoms with Crippen LogP contribution in [-0.4, -0.2) is 44.0 Å². The molecule has 0 saturated heterocycles. The molecule has 122 valence electrons. The predicted octanol–water partition coefficient (Wildman–Crippen LogP) is 2.43. The molecule has 1 atom stereocenters. The summed E-state index contributed by atoms with van der Waals surface area (Å²) in [5.41, 5.74) is 0.995. The molecule has 22 heavy (non-hydrogen) atoms. The van der Waals surface area contributed by atoms with E-state index in [4.69, 9.17) is 11.6 Å². The molecule has 1 aromatic rings. The van der Waals surface area contributed by atoms with Crippen LogP contribution in [0.3, 0.4) is 0 Å². The third-order valence-electron chi connectivity index (χ3n) is 3.14. The van der Waals surface area contributed by atoms with Crippen LogP contribution in [0.1, 0.15) is 31.9 Å². The number of halogens is 1. The zero-order valence-corrected chi connectivity index (χ0v) is 14.4. The summed E-state index contributed by atoms with van der Waals surface area (Å²) in [4.78, 5) is 17.5. The Labute approximate surface area is 137 Å². The third kappa shape index (κ3) is 5.93. The van der Waals surface area contributed by atoms with Crippen LogP contribution < -0.4 is 10.6 Å².